The Bertz CT molecular complexity index is 378. The van der Waals surface area contributed by atoms with Crippen LogP contribution in [0.15, 0.2) is 18.3 Å². The Labute approximate surface area is 78.7 Å². The summed E-state index contributed by atoms with van der Waals surface area (Å²) in [5, 5.41) is -0.0540. The number of halogens is 2. The highest BCUT2D eigenvalue weighted by molar-refractivity contribution is 8.10. The number of rotatable bonds is 2. The molecule has 66 valence electrons. The van der Waals surface area contributed by atoms with Crippen LogP contribution < -0.4 is 4.18 Å². The van der Waals surface area contributed by atoms with Crippen LogP contribution >= 0.6 is 22.3 Å². The molecule has 1 heterocycles. The third kappa shape index (κ3) is 2.84. The first-order valence-electron chi connectivity index (χ1n) is 2.73. The van der Waals surface area contributed by atoms with E-state index in [9.17, 15) is 8.42 Å². The smallest absolute Gasteiger partial charge is 0.368 e. The van der Waals surface area contributed by atoms with Crippen LogP contribution in [-0.2, 0) is 9.33 Å². The number of aromatic nitrogens is 1. The van der Waals surface area contributed by atoms with E-state index in [4.69, 9.17) is 22.3 Å². The molecule has 0 saturated carbocycles. The molecular weight excluding hydrogens is 225 g/mol. The normalized spacial score (nSPS) is 11.2. The Hall–Kier alpha value is -0.520. The lowest BCUT2D eigenvalue weighted by molar-refractivity contribution is 0.502. The summed E-state index contributed by atoms with van der Waals surface area (Å²) < 4.78 is 25.1. The third-order valence-electron chi connectivity index (χ3n) is 0.914. The van der Waals surface area contributed by atoms with Crippen molar-refractivity contribution in [3.63, 3.8) is 0 Å². The first-order valence-corrected chi connectivity index (χ1v) is 5.35. The zero-order chi connectivity index (χ0) is 9.19. The molecular formula is C5H3Cl2NO3S. The summed E-state index contributed by atoms with van der Waals surface area (Å²) in [5.41, 5.74) is 0. The van der Waals surface area contributed by atoms with Gasteiger partial charge in [0, 0.05) is 6.20 Å². The van der Waals surface area contributed by atoms with Crippen LogP contribution in [0.4, 0.5) is 0 Å². The van der Waals surface area contributed by atoms with Crippen LogP contribution in [0.25, 0.3) is 0 Å². The summed E-state index contributed by atoms with van der Waals surface area (Å²) in [7, 11) is 0.751. The summed E-state index contributed by atoms with van der Waals surface area (Å²) in [5.74, 6) is -0.0887. The number of hydrogen-bond donors (Lipinski definition) is 0. The Morgan fingerprint density at radius 2 is 2.17 bits per heavy atom. The summed E-state index contributed by atoms with van der Waals surface area (Å²) in [6.07, 6.45) is 1.40. The monoisotopic (exact) mass is 227 g/mol. The molecule has 4 nitrogen and oxygen atoms in total. The number of hydrogen-bond acceptors (Lipinski definition) is 4. The predicted molar refractivity (Wildman–Crippen MR) is 44.6 cm³/mol. The topological polar surface area (TPSA) is 56.3 Å². The van der Waals surface area contributed by atoms with Crippen molar-refractivity contribution in [2.24, 2.45) is 0 Å². The van der Waals surface area contributed by atoms with E-state index in [-0.39, 0.29) is 10.9 Å². The molecule has 12 heavy (non-hydrogen) atoms. The van der Waals surface area contributed by atoms with Crippen molar-refractivity contribution < 1.29 is 12.6 Å². The van der Waals surface area contributed by atoms with Crippen LogP contribution in [-0.4, -0.2) is 13.4 Å². The minimum atomic E-state index is -4.05. The highest BCUT2D eigenvalue weighted by atomic mass is 35.7. The van der Waals surface area contributed by atoms with Gasteiger partial charge >= 0.3 is 9.33 Å². The lowest BCUT2D eigenvalue weighted by Crippen LogP contribution is -2.00. The summed E-state index contributed by atoms with van der Waals surface area (Å²) in [6.45, 7) is 0. The molecule has 1 aromatic rings. The molecule has 0 unspecified atom stereocenters. The van der Waals surface area contributed by atoms with Crippen molar-refractivity contribution in [3.8, 4) is 5.75 Å². The van der Waals surface area contributed by atoms with E-state index in [1.54, 1.807) is 0 Å². The van der Waals surface area contributed by atoms with Gasteiger partial charge in [-0.25, -0.2) is 4.98 Å². The first kappa shape index (κ1) is 9.57. The lowest BCUT2D eigenvalue weighted by Gasteiger charge is -2.00. The molecule has 0 radical (unpaired) electrons. The molecule has 0 amide bonds. The fraction of sp³-hybridized carbons (Fsp3) is 0. The van der Waals surface area contributed by atoms with Gasteiger partial charge in [-0.1, -0.05) is 11.6 Å². The summed E-state index contributed by atoms with van der Waals surface area (Å²) >= 11 is 5.47. The fourth-order valence-corrected chi connectivity index (χ4v) is 1.30. The molecule has 1 rings (SSSR count). The van der Waals surface area contributed by atoms with Crippen LogP contribution in [0.1, 0.15) is 0 Å². The van der Waals surface area contributed by atoms with E-state index in [1.165, 1.54) is 18.3 Å². The molecule has 0 aliphatic carbocycles. The van der Waals surface area contributed by atoms with Gasteiger partial charge in [-0.05, 0) is 12.1 Å². The van der Waals surface area contributed by atoms with Gasteiger partial charge in [0.1, 0.15) is 0 Å². The Balaban J connectivity index is 2.98. The zero-order valence-electron chi connectivity index (χ0n) is 5.57. The average Bonchev–Trinajstić information content (AvgIpc) is 1.91. The maximum Gasteiger partial charge on any atom is 0.401 e. The minimum Gasteiger partial charge on any atom is -0.368 e. The van der Waals surface area contributed by atoms with E-state index in [0.29, 0.717) is 0 Å². The van der Waals surface area contributed by atoms with E-state index >= 15 is 0 Å². The number of pyridine rings is 1. The van der Waals surface area contributed by atoms with Crippen LogP contribution in [0.5, 0.6) is 5.75 Å². The highest BCUT2D eigenvalue weighted by Crippen LogP contribution is 2.22. The molecule has 0 aliphatic heterocycles. The second-order valence-corrected chi connectivity index (χ2v) is 4.21. The van der Waals surface area contributed by atoms with Gasteiger partial charge in [0.15, 0.2) is 10.9 Å². The van der Waals surface area contributed by atoms with Gasteiger partial charge in [-0.15, -0.1) is 0 Å². The standard InChI is InChI=1S/C5H3Cl2NO3S/c6-5-4(2-1-3-8-5)11-12(7,9)10/h1-3H. The van der Waals surface area contributed by atoms with Crippen molar-refractivity contribution in [1.29, 1.82) is 0 Å². The van der Waals surface area contributed by atoms with Gasteiger partial charge in [-0.2, -0.15) is 8.42 Å². The van der Waals surface area contributed by atoms with Crippen molar-refractivity contribution in [2.75, 3.05) is 0 Å². The maximum atomic E-state index is 10.4. The van der Waals surface area contributed by atoms with E-state index in [1.807, 2.05) is 0 Å². The van der Waals surface area contributed by atoms with Crippen molar-refractivity contribution in [1.82, 2.24) is 4.98 Å². The predicted octanol–water partition coefficient (Wildman–Crippen LogP) is 1.60. The molecule has 0 saturated heterocycles. The molecule has 1 aromatic heterocycles. The first-order chi connectivity index (χ1) is 5.49. The Morgan fingerprint density at radius 1 is 1.50 bits per heavy atom. The van der Waals surface area contributed by atoms with E-state index in [0.717, 1.165) is 0 Å². The molecule has 0 aromatic carbocycles. The Morgan fingerprint density at radius 3 is 2.67 bits per heavy atom. The second-order valence-electron chi connectivity index (χ2n) is 1.77. The molecule has 0 atom stereocenters. The molecule has 0 bridgehead atoms. The minimum absolute atomic E-state index is 0.0540. The van der Waals surface area contributed by atoms with Crippen molar-refractivity contribution in [3.05, 3.63) is 23.5 Å². The van der Waals surface area contributed by atoms with Gasteiger partial charge < -0.3 is 4.18 Å². The molecule has 7 heteroatoms. The van der Waals surface area contributed by atoms with E-state index < -0.39 is 9.33 Å². The van der Waals surface area contributed by atoms with E-state index in [2.05, 4.69) is 9.17 Å². The van der Waals surface area contributed by atoms with Crippen LogP contribution in [0, 0.1) is 0 Å². The van der Waals surface area contributed by atoms with Crippen LogP contribution in [0.2, 0.25) is 5.15 Å². The average molecular weight is 228 g/mol. The fourth-order valence-electron chi connectivity index (χ4n) is 0.541. The van der Waals surface area contributed by atoms with Gasteiger partial charge in [0.2, 0.25) is 0 Å². The quantitative estimate of drug-likeness (QED) is 0.569. The molecule has 0 spiro atoms. The zero-order valence-corrected chi connectivity index (χ0v) is 7.90. The largest absolute Gasteiger partial charge is 0.401 e. The summed E-state index contributed by atoms with van der Waals surface area (Å²) in [4.78, 5) is 3.58. The molecule has 0 fully saturated rings. The van der Waals surface area contributed by atoms with Gasteiger partial charge in [0.05, 0.1) is 10.7 Å². The van der Waals surface area contributed by atoms with Crippen molar-refractivity contribution in [2.45, 2.75) is 0 Å². The Kier molecular flexibility index (Phi) is 2.76. The van der Waals surface area contributed by atoms with Gasteiger partial charge in [-0.3, -0.25) is 0 Å². The highest BCUT2D eigenvalue weighted by Gasteiger charge is 2.10. The van der Waals surface area contributed by atoms with Gasteiger partial charge in [0.25, 0.3) is 0 Å². The SMILES string of the molecule is O=S(=O)(Cl)Oc1cccnc1Cl. The summed E-state index contributed by atoms with van der Waals surface area (Å²) in [6, 6.07) is 2.82. The second kappa shape index (κ2) is 3.47. The lowest BCUT2D eigenvalue weighted by atomic mass is 10.5. The van der Waals surface area contributed by atoms with Crippen molar-refractivity contribution >= 4 is 31.6 Å². The third-order valence-corrected chi connectivity index (χ3v) is 1.77. The van der Waals surface area contributed by atoms with Crippen LogP contribution in [0.3, 0.4) is 0 Å². The molecule has 0 aliphatic rings. The maximum absolute atomic E-state index is 10.4. The molecule has 0 N–H and O–H groups in total. The number of nitrogens with zero attached hydrogens (tertiary/aromatic N) is 1.